The minimum absolute atomic E-state index is 0.113. The Balaban J connectivity index is 1.67. The number of halogens is 1. The summed E-state index contributed by atoms with van der Waals surface area (Å²) in [5.41, 5.74) is 2.19. The molecule has 0 aliphatic carbocycles. The van der Waals surface area contributed by atoms with Crippen molar-refractivity contribution >= 4 is 27.5 Å². The summed E-state index contributed by atoms with van der Waals surface area (Å²) in [5, 5.41) is 2.91. The van der Waals surface area contributed by atoms with Crippen molar-refractivity contribution in [3.63, 3.8) is 0 Å². The van der Waals surface area contributed by atoms with Crippen molar-refractivity contribution in [1.29, 1.82) is 0 Å². The monoisotopic (exact) mass is 436 g/mol. The number of amides is 1. The van der Waals surface area contributed by atoms with E-state index in [1.807, 2.05) is 31.2 Å². The Kier molecular flexibility index (Phi) is 7.16. The zero-order chi connectivity index (χ0) is 20.9. The van der Waals surface area contributed by atoms with Gasteiger partial charge in [0.25, 0.3) is 5.91 Å². The first kappa shape index (κ1) is 21.6. The minimum Gasteiger partial charge on any atom is -0.482 e. The molecule has 8 heteroatoms. The van der Waals surface area contributed by atoms with Crippen molar-refractivity contribution in [1.82, 2.24) is 9.62 Å². The largest absolute Gasteiger partial charge is 0.482 e. The summed E-state index contributed by atoms with van der Waals surface area (Å²) in [6.07, 6.45) is 2.57. The van der Waals surface area contributed by atoms with Crippen LogP contribution in [0.5, 0.6) is 5.75 Å². The van der Waals surface area contributed by atoms with Gasteiger partial charge in [-0.2, -0.15) is 4.31 Å². The van der Waals surface area contributed by atoms with E-state index in [4.69, 9.17) is 16.3 Å². The van der Waals surface area contributed by atoms with Crippen LogP contribution in [0, 0.1) is 0 Å². The van der Waals surface area contributed by atoms with Gasteiger partial charge in [0, 0.05) is 19.6 Å². The molecule has 0 bridgehead atoms. The lowest BCUT2D eigenvalue weighted by molar-refractivity contribution is -0.123. The Hall–Kier alpha value is -2.09. The molecule has 2 aromatic rings. The third kappa shape index (κ3) is 5.29. The molecule has 0 fully saturated rings. The van der Waals surface area contributed by atoms with Gasteiger partial charge in [-0.3, -0.25) is 4.79 Å². The van der Waals surface area contributed by atoms with Crippen LogP contribution >= 0.6 is 11.6 Å². The van der Waals surface area contributed by atoms with E-state index in [0.717, 1.165) is 18.4 Å². The SMILES string of the molecule is CCCCNC(=O)COc1ccc(S(=O)(=O)N2CCc3ccccc3C2)cc1Cl. The molecule has 3 rings (SSSR count). The van der Waals surface area contributed by atoms with E-state index in [1.54, 1.807) is 0 Å². The molecular weight excluding hydrogens is 412 g/mol. The number of rotatable bonds is 8. The van der Waals surface area contributed by atoms with E-state index in [9.17, 15) is 13.2 Å². The van der Waals surface area contributed by atoms with Crippen LogP contribution in [0.15, 0.2) is 47.4 Å². The fourth-order valence-electron chi connectivity index (χ4n) is 3.18. The van der Waals surface area contributed by atoms with E-state index < -0.39 is 10.0 Å². The molecule has 1 heterocycles. The molecule has 0 saturated heterocycles. The Morgan fingerprint density at radius 2 is 1.97 bits per heavy atom. The number of carbonyl (C=O) groups excluding carboxylic acids is 1. The smallest absolute Gasteiger partial charge is 0.257 e. The first-order valence-electron chi connectivity index (χ1n) is 9.68. The zero-order valence-electron chi connectivity index (χ0n) is 16.4. The van der Waals surface area contributed by atoms with Gasteiger partial charge in [-0.15, -0.1) is 0 Å². The second-order valence-corrected chi connectivity index (χ2v) is 9.29. The molecule has 29 heavy (non-hydrogen) atoms. The van der Waals surface area contributed by atoms with E-state index in [1.165, 1.54) is 28.1 Å². The second kappa shape index (κ2) is 9.61. The van der Waals surface area contributed by atoms with Crippen molar-refractivity contribution in [3.05, 3.63) is 58.6 Å². The Morgan fingerprint density at radius 3 is 2.69 bits per heavy atom. The summed E-state index contributed by atoms with van der Waals surface area (Å²) in [6.45, 7) is 3.24. The first-order valence-corrected chi connectivity index (χ1v) is 11.5. The number of hydrogen-bond acceptors (Lipinski definition) is 4. The summed E-state index contributed by atoms with van der Waals surface area (Å²) >= 11 is 6.23. The van der Waals surface area contributed by atoms with Crippen LogP contribution in [0.2, 0.25) is 5.02 Å². The predicted octanol–water partition coefficient (Wildman–Crippen LogP) is 3.38. The van der Waals surface area contributed by atoms with Crippen molar-refractivity contribution < 1.29 is 17.9 Å². The van der Waals surface area contributed by atoms with Crippen LogP contribution in [0.1, 0.15) is 30.9 Å². The average molecular weight is 437 g/mol. The summed E-state index contributed by atoms with van der Waals surface area (Å²) in [6, 6.07) is 12.2. The van der Waals surface area contributed by atoms with Gasteiger partial charge in [-0.05, 0) is 42.2 Å². The lowest BCUT2D eigenvalue weighted by Crippen LogP contribution is -2.35. The summed E-state index contributed by atoms with van der Waals surface area (Å²) in [4.78, 5) is 11.9. The molecule has 0 aromatic heterocycles. The normalized spacial score (nSPS) is 14.3. The van der Waals surface area contributed by atoms with Crippen molar-refractivity contribution in [2.24, 2.45) is 0 Å². The first-order chi connectivity index (χ1) is 13.9. The third-order valence-electron chi connectivity index (χ3n) is 4.85. The standard InChI is InChI=1S/C21H25ClN2O4S/c1-2-3-11-23-21(25)15-28-20-9-8-18(13-19(20)22)29(26,27)24-12-10-16-6-4-5-7-17(16)14-24/h4-9,13H,2-3,10-12,14-15H2,1H3,(H,23,25). The molecule has 6 nitrogen and oxygen atoms in total. The van der Waals surface area contributed by atoms with Crippen LogP contribution in [0.4, 0.5) is 0 Å². The van der Waals surface area contributed by atoms with Crippen LogP contribution in [0.3, 0.4) is 0 Å². The summed E-state index contributed by atoms with van der Waals surface area (Å²) in [7, 11) is -3.68. The molecule has 0 unspecified atom stereocenters. The van der Waals surface area contributed by atoms with Crippen molar-refractivity contribution in [2.75, 3.05) is 19.7 Å². The fourth-order valence-corrected chi connectivity index (χ4v) is 4.93. The molecule has 2 aromatic carbocycles. The van der Waals surface area contributed by atoms with Gasteiger partial charge >= 0.3 is 0 Å². The fraction of sp³-hybridized carbons (Fsp3) is 0.381. The molecule has 0 saturated carbocycles. The summed E-state index contributed by atoms with van der Waals surface area (Å²) in [5.74, 6) is 0.0402. The molecule has 1 amide bonds. The molecule has 1 aliphatic heterocycles. The quantitative estimate of drug-likeness (QED) is 0.643. The molecule has 0 atom stereocenters. The van der Waals surface area contributed by atoms with Gasteiger partial charge in [0.15, 0.2) is 6.61 Å². The predicted molar refractivity (Wildman–Crippen MR) is 113 cm³/mol. The molecule has 0 spiro atoms. The Labute approximate surface area is 176 Å². The number of nitrogens with one attached hydrogen (secondary N) is 1. The van der Waals surface area contributed by atoms with E-state index in [-0.39, 0.29) is 28.2 Å². The number of unbranched alkanes of at least 4 members (excludes halogenated alkanes) is 1. The molecule has 1 N–H and O–H groups in total. The van der Waals surface area contributed by atoms with Gasteiger partial charge in [0.2, 0.25) is 10.0 Å². The molecular formula is C21H25ClN2O4S. The Bertz CT molecular complexity index is 978. The Morgan fingerprint density at radius 1 is 1.21 bits per heavy atom. The number of benzene rings is 2. The van der Waals surface area contributed by atoms with Crippen LogP contribution in [-0.2, 0) is 27.8 Å². The molecule has 1 aliphatic rings. The highest BCUT2D eigenvalue weighted by Crippen LogP contribution is 2.30. The van der Waals surface area contributed by atoms with Crippen molar-refractivity contribution in [3.8, 4) is 5.75 Å². The maximum Gasteiger partial charge on any atom is 0.257 e. The van der Waals surface area contributed by atoms with Crippen LogP contribution in [-0.4, -0.2) is 38.3 Å². The number of carbonyl (C=O) groups is 1. The van der Waals surface area contributed by atoms with Gasteiger partial charge in [0.05, 0.1) is 9.92 Å². The highest BCUT2D eigenvalue weighted by molar-refractivity contribution is 7.89. The maximum atomic E-state index is 13.0. The van der Waals surface area contributed by atoms with E-state index >= 15 is 0 Å². The van der Waals surface area contributed by atoms with E-state index in [0.29, 0.717) is 26.1 Å². The number of sulfonamides is 1. The topological polar surface area (TPSA) is 75.7 Å². The number of ether oxygens (including phenoxy) is 1. The molecule has 0 radical (unpaired) electrons. The number of hydrogen-bond donors (Lipinski definition) is 1. The lowest BCUT2D eigenvalue weighted by Gasteiger charge is -2.28. The molecule has 156 valence electrons. The van der Waals surface area contributed by atoms with E-state index in [2.05, 4.69) is 5.32 Å². The van der Waals surface area contributed by atoms with Gasteiger partial charge in [-0.1, -0.05) is 49.2 Å². The van der Waals surface area contributed by atoms with Gasteiger partial charge in [-0.25, -0.2) is 8.42 Å². The number of fused-ring (bicyclic) bond motifs is 1. The van der Waals surface area contributed by atoms with Crippen molar-refractivity contribution in [2.45, 2.75) is 37.6 Å². The maximum absolute atomic E-state index is 13.0. The third-order valence-corrected chi connectivity index (χ3v) is 6.98. The van der Waals surface area contributed by atoms with Crippen LogP contribution < -0.4 is 10.1 Å². The minimum atomic E-state index is -3.68. The highest BCUT2D eigenvalue weighted by Gasteiger charge is 2.28. The summed E-state index contributed by atoms with van der Waals surface area (Å²) < 4.78 is 33.0. The zero-order valence-corrected chi connectivity index (χ0v) is 17.9. The number of nitrogens with zero attached hydrogens (tertiary/aromatic N) is 1. The van der Waals surface area contributed by atoms with Gasteiger partial charge in [0.1, 0.15) is 5.75 Å². The lowest BCUT2D eigenvalue weighted by atomic mass is 10.0. The second-order valence-electron chi connectivity index (χ2n) is 6.94. The van der Waals surface area contributed by atoms with Crippen LogP contribution in [0.25, 0.3) is 0 Å². The van der Waals surface area contributed by atoms with Gasteiger partial charge < -0.3 is 10.1 Å². The highest BCUT2D eigenvalue weighted by atomic mass is 35.5. The average Bonchev–Trinajstić information content (AvgIpc) is 2.72.